The van der Waals surface area contributed by atoms with E-state index in [1.54, 1.807) is 32.4 Å². The Morgan fingerprint density at radius 1 is 1.10 bits per heavy atom. The lowest BCUT2D eigenvalue weighted by molar-refractivity contribution is -0.129. The van der Waals surface area contributed by atoms with Gasteiger partial charge in [0.25, 0.3) is 5.91 Å². The van der Waals surface area contributed by atoms with Crippen molar-refractivity contribution in [3.8, 4) is 11.5 Å². The van der Waals surface area contributed by atoms with Crippen molar-refractivity contribution in [2.24, 2.45) is 5.92 Å². The van der Waals surface area contributed by atoms with Crippen LogP contribution in [0.5, 0.6) is 11.5 Å². The van der Waals surface area contributed by atoms with Gasteiger partial charge in [-0.05, 0) is 54.7 Å². The van der Waals surface area contributed by atoms with E-state index in [1.807, 2.05) is 12.1 Å². The maximum atomic E-state index is 13.5. The summed E-state index contributed by atoms with van der Waals surface area (Å²) in [5.41, 5.74) is 1.62. The quantitative estimate of drug-likeness (QED) is 0.697. The molecule has 4 rings (SSSR count). The first-order valence-corrected chi connectivity index (χ1v) is 10.2. The first-order valence-electron chi connectivity index (χ1n) is 10.2. The lowest BCUT2D eigenvalue weighted by atomic mass is 9.94. The number of Topliss-reactive ketones (excluding diaryl/α,β-unsaturated/α-hetero) is 1. The van der Waals surface area contributed by atoms with Crippen molar-refractivity contribution in [3.05, 3.63) is 70.7 Å². The number of ether oxygens (including phenoxy) is 2. The number of halogens is 1. The van der Waals surface area contributed by atoms with Gasteiger partial charge in [0.05, 0.1) is 25.8 Å². The number of methoxy groups -OCH3 is 2. The van der Waals surface area contributed by atoms with E-state index in [9.17, 15) is 19.1 Å². The number of nitrogens with zero attached hydrogens (tertiary/aromatic N) is 1. The summed E-state index contributed by atoms with van der Waals surface area (Å²) in [4.78, 5) is 27.3. The van der Waals surface area contributed by atoms with Gasteiger partial charge in [0, 0.05) is 12.5 Å². The first-order chi connectivity index (χ1) is 14.9. The van der Waals surface area contributed by atoms with Crippen molar-refractivity contribution < 1.29 is 28.6 Å². The molecule has 162 valence electrons. The molecule has 2 aromatic carbocycles. The lowest BCUT2D eigenvalue weighted by Gasteiger charge is -2.27. The maximum Gasteiger partial charge on any atom is 0.290 e. The Balaban J connectivity index is 1.63. The van der Waals surface area contributed by atoms with Crippen molar-refractivity contribution >= 4 is 11.7 Å². The van der Waals surface area contributed by atoms with Gasteiger partial charge in [0.1, 0.15) is 5.82 Å². The zero-order valence-corrected chi connectivity index (χ0v) is 17.4. The molecule has 31 heavy (non-hydrogen) atoms. The van der Waals surface area contributed by atoms with E-state index >= 15 is 0 Å². The number of ketones is 1. The Kier molecular flexibility index (Phi) is 5.67. The van der Waals surface area contributed by atoms with Gasteiger partial charge < -0.3 is 19.5 Å². The summed E-state index contributed by atoms with van der Waals surface area (Å²) in [6, 6.07) is 10.4. The molecule has 0 spiro atoms. The third-order valence-corrected chi connectivity index (χ3v) is 5.79. The van der Waals surface area contributed by atoms with Crippen LogP contribution < -0.4 is 9.47 Å². The predicted octanol–water partition coefficient (Wildman–Crippen LogP) is 3.76. The highest BCUT2D eigenvalue weighted by Gasteiger charge is 2.46. The monoisotopic (exact) mass is 425 g/mol. The van der Waals surface area contributed by atoms with Gasteiger partial charge in [-0.15, -0.1) is 0 Å². The lowest BCUT2D eigenvalue weighted by Crippen LogP contribution is -2.33. The highest BCUT2D eigenvalue weighted by molar-refractivity contribution is 6.10. The molecule has 1 amide bonds. The number of carbonyl (C=O) groups excluding carboxylic acids is 2. The van der Waals surface area contributed by atoms with Crippen LogP contribution in [0.3, 0.4) is 0 Å². The topological polar surface area (TPSA) is 76.1 Å². The largest absolute Gasteiger partial charge is 0.503 e. The van der Waals surface area contributed by atoms with Gasteiger partial charge in [-0.25, -0.2) is 4.39 Å². The SMILES string of the molecule is COc1ccc(CCN2C(=O)C(O)=C(C(=O)C3CC3)[C@@H]2c2ccc(F)cc2)cc1OC. The Bertz CT molecular complexity index is 1040. The van der Waals surface area contributed by atoms with Crippen LogP contribution >= 0.6 is 0 Å². The standard InChI is InChI=1S/C24H24FNO5/c1-30-18-10-3-14(13-19(18)31-2)11-12-26-21(15-6-8-17(25)9-7-15)20(23(28)24(26)29)22(27)16-4-5-16/h3,6-10,13,16,21,28H,4-5,11-12H2,1-2H3/t21-/m0/s1. The maximum absolute atomic E-state index is 13.5. The van der Waals surface area contributed by atoms with Gasteiger partial charge >= 0.3 is 0 Å². The normalized spacial score (nSPS) is 18.5. The van der Waals surface area contributed by atoms with Crippen molar-refractivity contribution in [2.45, 2.75) is 25.3 Å². The van der Waals surface area contributed by atoms with Crippen molar-refractivity contribution in [3.63, 3.8) is 0 Å². The molecule has 1 fully saturated rings. The van der Waals surface area contributed by atoms with Gasteiger partial charge in [-0.3, -0.25) is 9.59 Å². The number of carbonyl (C=O) groups is 2. The highest BCUT2D eigenvalue weighted by Crippen LogP contribution is 2.43. The van der Waals surface area contributed by atoms with Crippen LogP contribution in [0.4, 0.5) is 4.39 Å². The number of hydrogen-bond acceptors (Lipinski definition) is 5. The van der Waals surface area contributed by atoms with Crippen LogP contribution in [0, 0.1) is 11.7 Å². The fourth-order valence-corrected chi connectivity index (χ4v) is 3.98. The molecule has 6 nitrogen and oxygen atoms in total. The van der Waals surface area contributed by atoms with E-state index in [-0.39, 0.29) is 23.8 Å². The molecule has 2 aromatic rings. The number of aliphatic hydroxyl groups excluding tert-OH is 1. The Hall–Kier alpha value is -3.35. The fourth-order valence-electron chi connectivity index (χ4n) is 3.98. The number of rotatable bonds is 8. The molecule has 0 saturated heterocycles. The van der Waals surface area contributed by atoms with E-state index in [1.165, 1.54) is 17.0 Å². The van der Waals surface area contributed by atoms with Gasteiger partial charge in [0.2, 0.25) is 0 Å². The Morgan fingerprint density at radius 3 is 2.39 bits per heavy atom. The van der Waals surface area contributed by atoms with Crippen molar-refractivity contribution in [1.29, 1.82) is 0 Å². The van der Waals surface area contributed by atoms with Crippen LogP contribution in [0.15, 0.2) is 53.8 Å². The molecule has 0 radical (unpaired) electrons. The second-order valence-electron chi connectivity index (χ2n) is 7.79. The van der Waals surface area contributed by atoms with Crippen LogP contribution in [0.2, 0.25) is 0 Å². The van der Waals surface area contributed by atoms with Crippen LogP contribution in [0.1, 0.15) is 30.0 Å². The molecule has 0 aromatic heterocycles. The summed E-state index contributed by atoms with van der Waals surface area (Å²) in [5, 5.41) is 10.6. The van der Waals surface area contributed by atoms with E-state index in [4.69, 9.17) is 9.47 Å². The summed E-state index contributed by atoms with van der Waals surface area (Å²) < 4.78 is 24.1. The molecular formula is C24H24FNO5. The average molecular weight is 425 g/mol. The molecule has 7 heteroatoms. The smallest absolute Gasteiger partial charge is 0.290 e. The van der Waals surface area contributed by atoms with Crippen molar-refractivity contribution in [1.82, 2.24) is 4.90 Å². The Labute approximate surface area is 179 Å². The summed E-state index contributed by atoms with van der Waals surface area (Å²) >= 11 is 0. The molecule has 0 unspecified atom stereocenters. The fraction of sp³-hybridized carbons (Fsp3) is 0.333. The summed E-state index contributed by atoms with van der Waals surface area (Å²) in [6.07, 6.45) is 1.99. The molecule has 2 aliphatic rings. The summed E-state index contributed by atoms with van der Waals surface area (Å²) in [7, 11) is 3.11. The second kappa shape index (κ2) is 8.41. The zero-order valence-electron chi connectivity index (χ0n) is 17.4. The van der Waals surface area contributed by atoms with E-state index in [0.717, 1.165) is 18.4 Å². The minimum absolute atomic E-state index is 0.117. The van der Waals surface area contributed by atoms with Crippen molar-refractivity contribution in [2.75, 3.05) is 20.8 Å². The van der Waals surface area contributed by atoms with E-state index in [2.05, 4.69) is 0 Å². The number of hydrogen-bond donors (Lipinski definition) is 1. The number of aliphatic hydroxyl groups is 1. The number of benzene rings is 2. The minimum Gasteiger partial charge on any atom is -0.503 e. The third-order valence-electron chi connectivity index (χ3n) is 5.79. The second-order valence-corrected chi connectivity index (χ2v) is 7.79. The van der Waals surface area contributed by atoms with Gasteiger partial charge in [0.15, 0.2) is 23.0 Å². The van der Waals surface area contributed by atoms with E-state index in [0.29, 0.717) is 23.5 Å². The molecule has 1 aliphatic heterocycles. The van der Waals surface area contributed by atoms with Gasteiger partial charge in [-0.1, -0.05) is 18.2 Å². The molecule has 1 N–H and O–H groups in total. The summed E-state index contributed by atoms with van der Waals surface area (Å²) in [6.45, 7) is 0.266. The van der Waals surface area contributed by atoms with Crippen LogP contribution in [0.25, 0.3) is 0 Å². The number of amides is 1. The molecule has 0 bridgehead atoms. The predicted molar refractivity (Wildman–Crippen MR) is 111 cm³/mol. The molecule has 1 atom stereocenters. The molecule has 1 saturated carbocycles. The van der Waals surface area contributed by atoms with Gasteiger partial charge in [-0.2, -0.15) is 0 Å². The minimum atomic E-state index is -0.735. The first kappa shape index (κ1) is 20.9. The highest BCUT2D eigenvalue weighted by atomic mass is 19.1. The van der Waals surface area contributed by atoms with Crippen LogP contribution in [-0.2, 0) is 16.0 Å². The zero-order chi connectivity index (χ0) is 22.1. The molecular weight excluding hydrogens is 401 g/mol. The van der Waals surface area contributed by atoms with E-state index < -0.39 is 23.5 Å². The molecule has 1 heterocycles. The summed E-state index contributed by atoms with van der Waals surface area (Å²) in [5.74, 6) is -0.671. The molecule has 1 aliphatic carbocycles. The van der Waals surface area contributed by atoms with Crippen LogP contribution in [-0.4, -0.2) is 42.5 Å². The Morgan fingerprint density at radius 2 is 1.77 bits per heavy atom. The third kappa shape index (κ3) is 4.00. The average Bonchev–Trinajstić information content (AvgIpc) is 3.60.